The highest BCUT2D eigenvalue weighted by Gasteiger charge is 2.40. The van der Waals surface area contributed by atoms with Gasteiger partial charge in [-0.1, -0.05) is 17.7 Å². The molecule has 0 saturated carbocycles. The van der Waals surface area contributed by atoms with E-state index >= 15 is 0 Å². The Balaban J connectivity index is 1.77. The molecule has 2 aromatic carbocycles. The van der Waals surface area contributed by atoms with E-state index in [0.717, 1.165) is 30.2 Å². The molecule has 1 fully saturated rings. The van der Waals surface area contributed by atoms with E-state index in [1.807, 2.05) is 12.1 Å². The maximum atomic E-state index is 14.6. The Bertz CT molecular complexity index is 841. The van der Waals surface area contributed by atoms with Gasteiger partial charge in [-0.25, -0.2) is 9.18 Å². The normalized spacial score (nSPS) is 24.8. The fourth-order valence-corrected chi connectivity index (χ4v) is 4.04. The summed E-state index contributed by atoms with van der Waals surface area (Å²) in [7, 11) is 0. The highest BCUT2D eigenvalue weighted by atomic mass is 35.5. The van der Waals surface area contributed by atoms with Gasteiger partial charge in [0.05, 0.1) is 17.7 Å². The summed E-state index contributed by atoms with van der Waals surface area (Å²) < 4.78 is 20.6. The molecule has 2 aliphatic rings. The average molecular weight is 362 g/mol. The first-order valence-corrected chi connectivity index (χ1v) is 8.63. The van der Waals surface area contributed by atoms with Gasteiger partial charge in [0.15, 0.2) is 0 Å². The molecule has 0 aliphatic carbocycles. The molecule has 0 unspecified atom stereocenters. The number of aromatic carboxylic acids is 1. The fourth-order valence-electron chi connectivity index (χ4n) is 3.86. The molecule has 6 heteroatoms. The van der Waals surface area contributed by atoms with Crippen molar-refractivity contribution in [3.05, 3.63) is 63.9 Å². The van der Waals surface area contributed by atoms with Crippen molar-refractivity contribution in [3.63, 3.8) is 0 Å². The lowest BCUT2D eigenvalue weighted by Gasteiger charge is -2.43. The van der Waals surface area contributed by atoms with Crippen LogP contribution in [0.5, 0.6) is 0 Å². The topological polar surface area (TPSA) is 58.6 Å². The first-order chi connectivity index (χ1) is 12.0. The molecule has 4 rings (SSSR count). The molecule has 0 amide bonds. The molecule has 0 aromatic heterocycles. The van der Waals surface area contributed by atoms with Crippen molar-refractivity contribution < 1.29 is 19.0 Å². The predicted molar refractivity (Wildman–Crippen MR) is 92.6 cm³/mol. The zero-order valence-electron chi connectivity index (χ0n) is 13.3. The Kier molecular flexibility index (Phi) is 4.13. The van der Waals surface area contributed by atoms with Crippen LogP contribution in [0.1, 0.15) is 46.5 Å². The molecule has 2 heterocycles. The van der Waals surface area contributed by atoms with E-state index in [-0.39, 0.29) is 23.6 Å². The number of hydrogen-bond donors (Lipinski definition) is 2. The Labute approximate surface area is 149 Å². The second-order valence-corrected chi connectivity index (χ2v) is 6.93. The van der Waals surface area contributed by atoms with Crippen molar-refractivity contribution in [2.45, 2.75) is 25.0 Å². The second kappa shape index (κ2) is 6.32. The number of carboxylic acids is 1. The third kappa shape index (κ3) is 2.87. The standard InChI is InChI=1S/C19H17ClFNO3/c20-11-4-6-16-14(9-11)18-13(2-1-7-25-18)17(22-16)12-5-3-10(19(23)24)8-15(12)21/h3-6,8-9,13,17-18,22H,1-2,7H2,(H,23,24)/t13-,17-,18-/m1/s1. The molecule has 2 aromatic rings. The van der Waals surface area contributed by atoms with Gasteiger partial charge in [-0.15, -0.1) is 0 Å². The molecule has 0 radical (unpaired) electrons. The highest BCUT2D eigenvalue weighted by molar-refractivity contribution is 6.30. The smallest absolute Gasteiger partial charge is 0.335 e. The Morgan fingerprint density at radius 2 is 2.08 bits per heavy atom. The third-order valence-corrected chi connectivity index (χ3v) is 5.24. The van der Waals surface area contributed by atoms with Gasteiger partial charge in [-0.3, -0.25) is 0 Å². The van der Waals surface area contributed by atoms with Gasteiger partial charge in [0, 0.05) is 34.4 Å². The maximum absolute atomic E-state index is 14.6. The number of carboxylic acid groups (broad SMARTS) is 1. The van der Waals surface area contributed by atoms with E-state index in [1.54, 1.807) is 12.1 Å². The van der Waals surface area contributed by atoms with Gasteiger partial charge in [0.1, 0.15) is 5.82 Å². The number of halogens is 2. The van der Waals surface area contributed by atoms with Gasteiger partial charge in [-0.2, -0.15) is 0 Å². The summed E-state index contributed by atoms with van der Waals surface area (Å²) in [6, 6.07) is 9.37. The lowest BCUT2D eigenvalue weighted by Crippen LogP contribution is -2.36. The average Bonchev–Trinajstić information content (AvgIpc) is 2.61. The minimum atomic E-state index is -1.14. The van der Waals surface area contributed by atoms with Crippen LogP contribution in [0.25, 0.3) is 0 Å². The Hall–Kier alpha value is -2.11. The van der Waals surface area contributed by atoms with E-state index in [0.29, 0.717) is 17.2 Å². The summed E-state index contributed by atoms with van der Waals surface area (Å²) in [6.07, 6.45) is 1.66. The third-order valence-electron chi connectivity index (χ3n) is 5.01. The van der Waals surface area contributed by atoms with Crippen LogP contribution in [0.3, 0.4) is 0 Å². The minimum Gasteiger partial charge on any atom is -0.478 e. The first kappa shape index (κ1) is 16.4. The zero-order valence-corrected chi connectivity index (χ0v) is 14.1. The van der Waals surface area contributed by atoms with Crippen LogP contribution < -0.4 is 5.32 Å². The maximum Gasteiger partial charge on any atom is 0.335 e. The first-order valence-electron chi connectivity index (χ1n) is 8.25. The number of nitrogens with one attached hydrogen (secondary N) is 1. The molecule has 0 bridgehead atoms. The molecule has 130 valence electrons. The lowest BCUT2D eigenvalue weighted by atomic mass is 9.77. The zero-order chi connectivity index (χ0) is 17.6. The van der Waals surface area contributed by atoms with Crippen molar-refractivity contribution in [1.29, 1.82) is 0 Å². The minimum absolute atomic E-state index is 0.0549. The monoisotopic (exact) mass is 361 g/mol. The van der Waals surface area contributed by atoms with Gasteiger partial charge in [-0.05, 0) is 43.2 Å². The van der Waals surface area contributed by atoms with E-state index in [2.05, 4.69) is 5.32 Å². The number of fused-ring (bicyclic) bond motifs is 3. The van der Waals surface area contributed by atoms with Crippen molar-refractivity contribution in [1.82, 2.24) is 0 Å². The molecular formula is C19H17ClFNO3. The lowest BCUT2D eigenvalue weighted by molar-refractivity contribution is -0.0384. The van der Waals surface area contributed by atoms with Crippen LogP contribution in [0, 0.1) is 11.7 Å². The van der Waals surface area contributed by atoms with Crippen LogP contribution in [0.15, 0.2) is 36.4 Å². The summed E-state index contributed by atoms with van der Waals surface area (Å²) >= 11 is 6.13. The van der Waals surface area contributed by atoms with E-state index in [9.17, 15) is 9.18 Å². The molecule has 4 nitrogen and oxygen atoms in total. The molecule has 1 saturated heterocycles. The number of ether oxygens (including phenoxy) is 1. The van der Waals surface area contributed by atoms with Gasteiger partial charge in [0.2, 0.25) is 0 Å². The van der Waals surface area contributed by atoms with E-state index < -0.39 is 11.8 Å². The number of benzene rings is 2. The number of hydrogen-bond acceptors (Lipinski definition) is 3. The van der Waals surface area contributed by atoms with E-state index in [1.165, 1.54) is 6.07 Å². The quantitative estimate of drug-likeness (QED) is 0.805. The second-order valence-electron chi connectivity index (χ2n) is 6.49. The number of anilines is 1. The molecular weight excluding hydrogens is 345 g/mol. The van der Waals surface area contributed by atoms with Crippen molar-refractivity contribution in [2.75, 3.05) is 11.9 Å². The van der Waals surface area contributed by atoms with Crippen LogP contribution in [-0.2, 0) is 4.74 Å². The molecule has 25 heavy (non-hydrogen) atoms. The largest absolute Gasteiger partial charge is 0.478 e. The fraction of sp³-hybridized carbons (Fsp3) is 0.316. The summed E-state index contributed by atoms with van der Waals surface area (Å²) in [4.78, 5) is 11.0. The summed E-state index contributed by atoms with van der Waals surface area (Å²) in [6.45, 7) is 0.667. The van der Waals surface area contributed by atoms with Crippen LogP contribution in [0.2, 0.25) is 5.02 Å². The number of carbonyl (C=O) groups is 1. The molecule has 0 spiro atoms. The summed E-state index contributed by atoms with van der Waals surface area (Å²) in [5.74, 6) is -1.59. The van der Waals surface area contributed by atoms with Crippen molar-refractivity contribution in [2.24, 2.45) is 5.92 Å². The van der Waals surface area contributed by atoms with Gasteiger partial charge < -0.3 is 15.2 Å². The van der Waals surface area contributed by atoms with Crippen LogP contribution >= 0.6 is 11.6 Å². The predicted octanol–water partition coefficient (Wildman–Crippen LogP) is 4.81. The Morgan fingerprint density at radius 3 is 2.84 bits per heavy atom. The molecule has 2 N–H and O–H groups in total. The molecule has 2 aliphatic heterocycles. The summed E-state index contributed by atoms with van der Waals surface area (Å²) in [5, 5.41) is 13.1. The van der Waals surface area contributed by atoms with Crippen LogP contribution in [0.4, 0.5) is 10.1 Å². The van der Waals surface area contributed by atoms with Crippen molar-refractivity contribution in [3.8, 4) is 0 Å². The van der Waals surface area contributed by atoms with Crippen LogP contribution in [-0.4, -0.2) is 17.7 Å². The van der Waals surface area contributed by atoms with E-state index in [4.69, 9.17) is 21.4 Å². The highest BCUT2D eigenvalue weighted by Crippen LogP contribution is 2.49. The van der Waals surface area contributed by atoms with Gasteiger partial charge >= 0.3 is 5.97 Å². The van der Waals surface area contributed by atoms with Crippen molar-refractivity contribution >= 4 is 23.3 Å². The van der Waals surface area contributed by atoms with Gasteiger partial charge in [0.25, 0.3) is 0 Å². The summed E-state index contributed by atoms with van der Waals surface area (Å²) in [5.41, 5.74) is 2.28. The SMILES string of the molecule is O=C(O)c1ccc([C@H]2Nc3ccc(Cl)cc3[C@@H]3OCCC[C@H]23)c(F)c1. The Morgan fingerprint density at radius 1 is 1.24 bits per heavy atom. The molecule has 3 atom stereocenters. The number of rotatable bonds is 2.